The van der Waals surface area contributed by atoms with Crippen LogP contribution in [0.5, 0.6) is 0 Å². The zero-order chi connectivity index (χ0) is 14.3. The van der Waals surface area contributed by atoms with Crippen LogP contribution in [0.25, 0.3) is 0 Å². The number of nitrogens with zero attached hydrogens (tertiary/aromatic N) is 2. The Hall–Kier alpha value is -1.43. The predicted octanol–water partition coefficient (Wildman–Crippen LogP) is 1.40. The molecule has 20 heavy (non-hydrogen) atoms. The van der Waals surface area contributed by atoms with Gasteiger partial charge in [0, 0.05) is 11.1 Å². The zero-order valence-electron chi connectivity index (χ0n) is 11.7. The number of aromatic nitrogens is 1. The second-order valence-electron chi connectivity index (χ2n) is 5.95. The van der Waals surface area contributed by atoms with Gasteiger partial charge in [0.1, 0.15) is 12.1 Å². The fraction of sp³-hybridized carbons (Fsp3) is 0.643. The van der Waals surface area contributed by atoms with Crippen molar-refractivity contribution in [3.05, 3.63) is 16.6 Å². The van der Waals surface area contributed by atoms with E-state index in [4.69, 9.17) is 0 Å². The van der Waals surface area contributed by atoms with Crippen LogP contribution in [-0.4, -0.2) is 33.8 Å². The standard InChI is InChI=1S/C14H19N3O2S/c1-8(2)12-13(18)16-11(9-3-4-9)14(19)17(12)6-10-5-15-7-20-10/h5,7-9,11-12H,3-4,6H2,1-2H3,(H,16,18). The summed E-state index contributed by atoms with van der Waals surface area (Å²) in [6.07, 6.45) is 3.85. The summed E-state index contributed by atoms with van der Waals surface area (Å²) in [5.41, 5.74) is 1.76. The van der Waals surface area contributed by atoms with Crippen LogP contribution in [0.2, 0.25) is 0 Å². The maximum Gasteiger partial charge on any atom is 0.246 e. The van der Waals surface area contributed by atoms with Crippen molar-refractivity contribution >= 4 is 23.2 Å². The fourth-order valence-electron chi connectivity index (χ4n) is 2.83. The van der Waals surface area contributed by atoms with Gasteiger partial charge in [-0.1, -0.05) is 13.8 Å². The number of amides is 2. The monoisotopic (exact) mass is 293 g/mol. The highest BCUT2D eigenvalue weighted by Gasteiger charge is 2.47. The lowest BCUT2D eigenvalue weighted by Gasteiger charge is -2.40. The first-order chi connectivity index (χ1) is 9.58. The number of carbonyl (C=O) groups is 2. The number of hydrogen-bond donors (Lipinski definition) is 1. The van der Waals surface area contributed by atoms with E-state index >= 15 is 0 Å². The van der Waals surface area contributed by atoms with E-state index < -0.39 is 0 Å². The molecule has 1 aliphatic heterocycles. The molecule has 2 atom stereocenters. The van der Waals surface area contributed by atoms with Crippen molar-refractivity contribution < 1.29 is 9.59 Å². The molecule has 0 aromatic carbocycles. The maximum atomic E-state index is 12.7. The lowest BCUT2D eigenvalue weighted by molar-refractivity contribution is -0.152. The summed E-state index contributed by atoms with van der Waals surface area (Å²) in [6.45, 7) is 4.45. The molecule has 1 saturated carbocycles. The van der Waals surface area contributed by atoms with E-state index in [1.807, 2.05) is 13.8 Å². The van der Waals surface area contributed by atoms with Crippen LogP contribution in [0.4, 0.5) is 0 Å². The number of nitrogens with one attached hydrogen (secondary N) is 1. The van der Waals surface area contributed by atoms with Crippen LogP contribution < -0.4 is 5.32 Å². The molecule has 2 aliphatic rings. The molecule has 5 nitrogen and oxygen atoms in total. The third kappa shape index (κ3) is 2.44. The smallest absolute Gasteiger partial charge is 0.246 e. The molecule has 1 aliphatic carbocycles. The summed E-state index contributed by atoms with van der Waals surface area (Å²) in [5, 5.41) is 2.93. The Labute approximate surface area is 122 Å². The predicted molar refractivity (Wildman–Crippen MR) is 75.9 cm³/mol. The second-order valence-corrected chi connectivity index (χ2v) is 6.92. The molecule has 1 aromatic heterocycles. The minimum absolute atomic E-state index is 0.0129. The molecule has 6 heteroatoms. The van der Waals surface area contributed by atoms with Gasteiger partial charge in [-0.05, 0) is 24.7 Å². The molecular weight excluding hydrogens is 274 g/mol. The molecule has 2 unspecified atom stereocenters. The van der Waals surface area contributed by atoms with Gasteiger partial charge in [0.15, 0.2) is 0 Å². The van der Waals surface area contributed by atoms with Crippen molar-refractivity contribution in [3.63, 3.8) is 0 Å². The molecule has 2 heterocycles. The average molecular weight is 293 g/mol. The van der Waals surface area contributed by atoms with Gasteiger partial charge in [-0.25, -0.2) is 0 Å². The normalized spacial score (nSPS) is 27.1. The van der Waals surface area contributed by atoms with Crippen LogP contribution in [0, 0.1) is 11.8 Å². The van der Waals surface area contributed by atoms with Gasteiger partial charge < -0.3 is 10.2 Å². The van der Waals surface area contributed by atoms with E-state index in [1.165, 1.54) is 11.3 Å². The van der Waals surface area contributed by atoms with E-state index in [-0.39, 0.29) is 29.8 Å². The first kappa shape index (κ1) is 13.5. The SMILES string of the molecule is CC(C)C1C(=O)NC(C2CC2)C(=O)N1Cc1cncs1. The second kappa shape index (κ2) is 5.16. The Kier molecular flexibility index (Phi) is 3.50. The molecule has 1 aromatic rings. The van der Waals surface area contributed by atoms with Crippen LogP contribution >= 0.6 is 11.3 Å². The molecule has 0 spiro atoms. The van der Waals surface area contributed by atoms with E-state index in [1.54, 1.807) is 16.6 Å². The van der Waals surface area contributed by atoms with Gasteiger partial charge in [0.25, 0.3) is 0 Å². The molecule has 1 saturated heterocycles. The summed E-state index contributed by atoms with van der Waals surface area (Å²) in [4.78, 5) is 31.9. The molecule has 3 rings (SSSR count). The van der Waals surface area contributed by atoms with Crippen LogP contribution in [-0.2, 0) is 16.1 Å². The van der Waals surface area contributed by atoms with Gasteiger partial charge in [0.2, 0.25) is 11.8 Å². The summed E-state index contributed by atoms with van der Waals surface area (Å²) < 4.78 is 0. The average Bonchev–Trinajstić information content (AvgIpc) is 3.11. The molecule has 1 N–H and O–H groups in total. The van der Waals surface area contributed by atoms with Gasteiger partial charge in [-0.15, -0.1) is 11.3 Å². The quantitative estimate of drug-likeness (QED) is 0.913. The van der Waals surface area contributed by atoms with Crippen molar-refractivity contribution in [3.8, 4) is 0 Å². The van der Waals surface area contributed by atoms with Crippen LogP contribution in [0.3, 0.4) is 0 Å². The van der Waals surface area contributed by atoms with Crippen LogP contribution in [0.1, 0.15) is 31.6 Å². The summed E-state index contributed by atoms with van der Waals surface area (Å²) >= 11 is 1.52. The molecule has 2 fully saturated rings. The summed E-state index contributed by atoms with van der Waals surface area (Å²) in [5.74, 6) is 0.496. The Morgan fingerprint density at radius 3 is 2.75 bits per heavy atom. The molecule has 2 amide bonds. The highest BCUT2D eigenvalue weighted by Crippen LogP contribution is 2.36. The minimum Gasteiger partial charge on any atom is -0.342 e. The molecule has 0 radical (unpaired) electrons. The van der Waals surface area contributed by atoms with Gasteiger partial charge in [-0.2, -0.15) is 0 Å². The van der Waals surface area contributed by atoms with Crippen LogP contribution in [0.15, 0.2) is 11.7 Å². The van der Waals surface area contributed by atoms with Gasteiger partial charge in [0.05, 0.1) is 12.1 Å². The molecular formula is C14H19N3O2S. The maximum absolute atomic E-state index is 12.7. The number of hydrogen-bond acceptors (Lipinski definition) is 4. The van der Waals surface area contributed by atoms with Crippen molar-refractivity contribution in [2.75, 3.05) is 0 Å². The number of rotatable bonds is 4. The summed E-state index contributed by atoms with van der Waals surface area (Å²) in [6, 6.07) is -0.690. The van der Waals surface area contributed by atoms with Crippen molar-refractivity contribution in [2.45, 2.75) is 45.3 Å². The van der Waals surface area contributed by atoms with Crippen molar-refractivity contribution in [1.82, 2.24) is 15.2 Å². The third-order valence-electron chi connectivity index (χ3n) is 3.99. The summed E-state index contributed by atoms with van der Waals surface area (Å²) in [7, 11) is 0. The Morgan fingerprint density at radius 1 is 1.45 bits per heavy atom. The highest BCUT2D eigenvalue weighted by molar-refractivity contribution is 7.09. The number of piperazine rings is 1. The largest absolute Gasteiger partial charge is 0.342 e. The molecule has 0 bridgehead atoms. The zero-order valence-corrected chi connectivity index (χ0v) is 12.5. The van der Waals surface area contributed by atoms with E-state index in [9.17, 15) is 9.59 Å². The lowest BCUT2D eigenvalue weighted by atomic mass is 9.95. The van der Waals surface area contributed by atoms with E-state index in [0.717, 1.165) is 17.7 Å². The first-order valence-electron chi connectivity index (χ1n) is 7.06. The van der Waals surface area contributed by atoms with E-state index in [0.29, 0.717) is 12.5 Å². The number of thiazole rings is 1. The first-order valence-corrected chi connectivity index (χ1v) is 7.94. The Balaban J connectivity index is 1.86. The van der Waals surface area contributed by atoms with Gasteiger partial charge >= 0.3 is 0 Å². The molecule has 108 valence electrons. The Morgan fingerprint density at radius 2 is 2.20 bits per heavy atom. The Bertz CT molecular complexity index is 510. The van der Waals surface area contributed by atoms with Gasteiger partial charge in [-0.3, -0.25) is 14.6 Å². The lowest BCUT2D eigenvalue weighted by Crippen LogP contribution is -2.65. The minimum atomic E-state index is -0.375. The topological polar surface area (TPSA) is 62.3 Å². The fourth-order valence-corrected chi connectivity index (χ4v) is 3.43. The number of carbonyl (C=O) groups excluding carboxylic acids is 2. The van der Waals surface area contributed by atoms with E-state index in [2.05, 4.69) is 10.3 Å². The highest BCUT2D eigenvalue weighted by atomic mass is 32.1. The van der Waals surface area contributed by atoms with Crippen molar-refractivity contribution in [1.29, 1.82) is 0 Å². The third-order valence-corrected chi connectivity index (χ3v) is 4.75. The van der Waals surface area contributed by atoms with Crippen molar-refractivity contribution in [2.24, 2.45) is 11.8 Å².